The second-order valence-corrected chi connectivity index (χ2v) is 7.01. The van der Waals surface area contributed by atoms with E-state index in [0.717, 1.165) is 17.7 Å². The van der Waals surface area contributed by atoms with Gasteiger partial charge in [0, 0.05) is 17.9 Å². The van der Waals surface area contributed by atoms with Crippen LogP contribution in [-0.2, 0) is 17.5 Å². The predicted octanol–water partition coefficient (Wildman–Crippen LogP) is 4.30. The molecule has 0 aliphatic rings. The largest absolute Gasteiger partial charge is 0.493 e. The van der Waals surface area contributed by atoms with Crippen molar-refractivity contribution < 1.29 is 36.7 Å². The fourth-order valence-electron chi connectivity index (χ4n) is 3.04. The van der Waals surface area contributed by atoms with E-state index >= 15 is 0 Å². The van der Waals surface area contributed by atoms with Crippen molar-refractivity contribution >= 4 is 23.2 Å². The monoisotopic (exact) mass is 477 g/mol. The molecule has 1 aromatic heterocycles. The van der Waals surface area contributed by atoms with E-state index in [1.165, 1.54) is 38.7 Å². The van der Waals surface area contributed by atoms with E-state index in [2.05, 4.69) is 16.0 Å². The molecule has 2 amide bonds. The number of furan rings is 1. The molecule has 34 heavy (non-hydrogen) atoms. The van der Waals surface area contributed by atoms with E-state index in [4.69, 9.17) is 13.9 Å². The van der Waals surface area contributed by atoms with Crippen LogP contribution in [0.25, 0.3) is 0 Å². The Bertz CT molecular complexity index is 1150. The van der Waals surface area contributed by atoms with E-state index in [9.17, 15) is 22.8 Å². The summed E-state index contributed by atoms with van der Waals surface area (Å²) in [5.74, 6) is -0.225. The molecule has 0 bridgehead atoms. The topological polar surface area (TPSA) is 102 Å². The molecule has 0 aliphatic carbocycles. The Balaban J connectivity index is 1.63. The molecule has 180 valence electrons. The SMILES string of the molecule is COc1ccc(CNC(=O)CNc2ccc(NC(=O)c3ccco3)cc2C(F)(F)F)cc1OC. The molecule has 1 heterocycles. The Labute approximate surface area is 193 Å². The van der Waals surface area contributed by atoms with Crippen molar-refractivity contribution in [3.63, 3.8) is 0 Å². The number of nitrogens with one attached hydrogen (secondary N) is 3. The first-order chi connectivity index (χ1) is 16.2. The molecular weight excluding hydrogens is 455 g/mol. The van der Waals surface area contributed by atoms with E-state index < -0.39 is 30.1 Å². The van der Waals surface area contributed by atoms with E-state index in [1.54, 1.807) is 18.2 Å². The van der Waals surface area contributed by atoms with Crippen LogP contribution in [0.5, 0.6) is 11.5 Å². The number of rotatable bonds is 9. The zero-order chi connectivity index (χ0) is 24.7. The molecule has 0 saturated heterocycles. The van der Waals surface area contributed by atoms with Gasteiger partial charge in [-0.25, -0.2) is 0 Å². The zero-order valence-corrected chi connectivity index (χ0v) is 18.3. The number of carbonyl (C=O) groups is 2. The fourth-order valence-corrected chi connectivity index (χ4v) is 3.04. The highest BCUT2D eigenvalue weighted by atomic mass is 19.4. The van der Waals surface area contributed by atoms with Crippen LogP contribution in [0.3, 0.4) is 0 Å². The number of benzene rings is 2. The third-order valence-electron chi connectivity index (χ3n) is 4.70. The highest BCUT2D eigenvalue weighted by Crippen LogP contribution is 2.36. The van der Waals surface area contributed by atoms with Crippen molar-refractivity contribution in [2.75, 3.05) is 31.4 Å². The molecule has 3 N–H and O–H groups in total. The fraction of sp³-hybridized carbons (Fsp3) is 0.217. The maximum Gasteiger partial charge on any atom is 0.418 e. The lowest BCUT2D eigenvalue weighted by Gasteiger charge is -2.16. The van der Waals surface area contributed by atoms with Crippen LogP contribution in [0.1, 0.15) is 21.7 Å². The Morgan fingerprint density at radius 2 is 1.76 bits per heavy atom. The Morgan fingerprint density at radius 1 is 1.00 bits per heavy atom. The van der Waals surface area contributed by atoms with E-state index in [1.807, 2.05) is 0 Å². The van der Waals surface area contributed by atoms with Crippen LogP contribution in [0.4, 0.5) is 24.5 Å². The van der Waals surface area contributed by atoms with Gasteiger partial charge in [-0.15, -0.1) is 0 Å². The summed E-state index contributed by atoms with van der Waals surface area (Å²) in [4.78, 5) is 24.2. The number of methoxy groups -OCH3 is 2. The first kappa shape index (κ1) is 24.5. The average molecular weight is 477 g/mol. The molecule has 0 aliphatic heterocycles. The molecule has 0 spiro atoms. The normalized spacial score (nSPS) is 11.0. The average Bonchev–Trinajstić information content (AvgIpc) is 3.36. The van der Waals surface area contributed by atoms with Gasteiger partial charge in [0.2, 0.25) is 5.91 Å². The molecule has 0 saturated carbocycles. The quantitative estimate of drug-likeness (QED) is 0.425. The number of hydrogen-bond acceptors (Lipinski definition) is 6. The minimum Gasteiger partial charge on any atom is -0.493 e. The van der Waals surface area contributed by atoms with Crippen molar-refractivity contribution in [2.24, 2.45) is 0 Å². The van der Waals surface area contributed by atoms with Gasteiger partial charge in [0.05, 0.1) is 32.6 Å². The molecule has 8 nitrogen and oxygen atoms in total. The van der Waals surface area contributed by atoms with Crippen LogP contribution in [0, 0.1) is 0 Å². The number of hydrogen-bond donors (Lipinski definition) is 3. The Hall–Kier alpha value is -4.15. The maximum atomic E-state index is 13.6. The van der Waals surface area contributed by atoms with Crippen molar-refractivity contribution in [2.45, 2.75) is 12.7 Å². The molecule has 11 heteroatoms. The summed E-state index contributed by atoms with van der Waals surface area (Å²) in [6, 6.07) is 11.2. The maximum absolute atomic E-state index is 13.6. The molecule has 0 radical (unpaired) electrons. The van der Waals surface area contributed by atoms with E-state index in [-0.39, 0.29) is 23.7 Å². The minimum absolute atomic E-state index is 0.0399. The third-order valence-corrected chi connectivity index (χ3v) is 4.70. The zero-order valence-electron chi connectivity index (χ0n) is 18.3. The highest BCUT2D eigenvalue weighted by molar-refractivity contribution is 6.02. The summed E-state index contributed by atoms with van der Waals surface area (Å²) in [7, 11) is 2.98. The van der Waals surface area contributed by atoms with Crippen LogP contribution in [0.2, 0.25) is 0 Å². The lowest BCUT2D eigenvalue weighted by molar-refractivity contribution is -0.137. The lowest BCUT2D eigenvalue weighted by atomic mass is 10.1. The Morgan fingerprint density at radius 3 is 2.41 bits per heavy atom. The van der Waals surface area contributed by atoms with Gasteiger partial charge < -0.3 is 29.8 Å². The molecule has 0 atom stereocenters. The Kier molecular flexibility index (Phi) is 7.67. The lowest BCUT2D eigenvalue weighted by Crippen LogP contribution is -2.30. The van der Waals surface area contributed by atoms with Crippen LogP contribution >= 0.6 is 0 Å². The van der Waals surface area contributed by atoms with Gasteiger partial charge in [0.15, 0.2) is 17.3 Å². The van der Waals surface area contributed by atoms with Gasteiger partial charge in [-0.05, 0) is 48.0 Å². The summed E-state index contributed by atoms with van der Waals surface area (Å²) < 4.78 is 56.0. The molecular formula is C23H22F3N3O5. The second-order valence-electron chi connectivity index (χ2n) is 7.01. The van der Waals surface area contributed by atoms with Crippen molar-refractivity contribution in [1.82, 2.24) is 5.32 Å². The minimum atomic E-state index is -4.72. The summed E-state index contributed by atoms with van der Waals surface area (Å²) in [5, 5.41) is 7.47. The van der Waals surface area contributed by atoms with Gasteiger partial charge in [-0.3, -0.25) is 9.59 Å². The van der Waals surface area contributed by atoms with Crippen molar-refractivity contribution in [3.8, 4) is 11.5 Å². The summed E-state index contributed by atoms with van der Waals surface area (Å²) in [6.45, 7) is -0.251. The van der Waals surface area contributed by atoms with E-state index in [0.29, 0.717) is 11.5 Å². The number of halogens is 3. The number of ether oxygens (including phenoxy) is 2. The summed E-state index contributed by atoms with van der Waals surface area (Å²) >= 11 is 0. The molecule has 2 aromatic carbocycles. The third kappa shape index (κ3) is 6.21. The summed E-state index contributed by atoms with van der Waals surface area (Å²) in [6.07, 6.45) is -3.44. The first-order valence-corrected chi connectivity index (χ1v) is 9.99. The van der Waals surface area contributed by atoms with Crippen LogP contribution in [0.15, 0.2) is 59.2 Å². The number of anilines is 2. The highest BCUT2D eigenvalue weighted by Gasteiger charge is 2.34. The molecule has 0 fully saturated rings. The molecule has 3 aromatic rings. The standard InChI is InChI=1S/C23H22F3N3O5/c1-32-18-8-5-14(10-20(18)33-2)12-28-21(30)13-27-17-7-6-15(11-16(17)23(24,25)26)29-22(31)19-4-3-9-34-19/h3-11,27H,12-13H2,1-2H3,(H,28,30)(H,29,31). The predicted molar refractivity (Wildman–Crippen MR) is 118 cm³/mol. The van der Waals surface area contributed by atoms with Crippen LogP contribution < -0.4 is 25.4 Å². The summed E-state index contributed by atoms with van der Waals surface area (Å²) in [5.41, 5.74) is -0.682. The number of carbonyl (C=O) groups excluding carboxylic acids is 2. The first-order valence-electron chi connectivity index (χ1n) is 9.99. The van der Waals surface area contributed by atoms with Crippen LogP contribution in [-0.4, -0.2) is 32.6 Å². The van der Waals surface area contributed by atoms with Gasteiger partial charge in [-0.1, -0.05) is 6.07 Å². The smallest absolute Gasteiger partial charge is 0.418 e. The number of alkyl halides is 3. The molecule has 0 unspecified atom stereocenters. The van der Waals surface area contributed by atoms with Gasteiger partial charge >= 0.3 is 6.18 Å². The van der Waals surface area contributed by atoms with Gasteiger partial charge in [-0.2, -0.15) is 13.2 Å². The number of amides is 2. The van der Waals surface area contributed by atoms with Crippen molar-refractivity contribution in [1.29, 1.82) is 0 Å². The van der Waals surface area contributed by atoms with Gasteiger partial charge in [0.25, 0.3) is 5.91 Å². The van der Waals surface area contributed by atoms with Crippen molar-refractivity contribution in [3.05, 3.63) is 71.7 Å². The molecule has 3 rings (SSSR count). The second kappa shape index (κ2) is 10.6. The van der Waals surface area contributed by atoms with Gasteiger partial charge in [0.1, 0.15) is 0 Å².